The minimum absolute atomic E-state index is 0.0741. The number of rotatable bonds is 6. The van der Waals surface area contributed by atoms with Crippen LogP contribution in [0.15, 0.2) is 18.2 Å². The van der Waals surface area contributed by atoms with Gasteiger partial charge in [0.2, 0.25) is 0 Å². The molecule has 0 aliphatic carbocycles. The highest BCUT2D eigenvalue weighted by atomic mass is 16.6. The second kappa shape index (κ2) is 6.43. The topological polar surface area (TPSA) is 90.7 Å². The molecule has 0 fully saturated rings. The Labute approximate surface area is 104 Å². The number of anilines is 1. The predicted octanol–water partition coefficient (Wildman–Crippen LogP) is 1.58. The molecule has 0 saturated carbocycles. The van der Waals surface area contributed by atoms with Gasteiger partial charge >= 0.3 is 5.97 Å². The van der Waals surface area contributed by atoms with E-state index in [1.165, 1.54) is 26.4 Å². The third-order valence-electron chi connectivity index (χ3n) is 2.22. The van der Waals surface area contributed by atoms with E-state index >= 15 is 0 Å². The van der Waals surface area contributed by atoms with Gasteiger partial charge in [0.05, 0.1) is 31.6 Å². The zero-order valence-corrected chi connectivity index (χ0v) is 10.1. The number of carbonyl (C=O) groups is 1. The summed E-state index contributed by atoms with van der Waals surface area (Å²) in [5.74, 6) is 0.0321. The van der Waals surface area contributed by atoms with Crippen LogP contribution in [-0.2, 0) is 9.53 Å². The van der Waals surface area contributed by atoms with Crippen LogP contribution in [0, 0.1) is 10.1 Å². The number of methoxy groups -OCH3 is 2. The number of nitro groups is 1. The summed E-state index contributed by atoms with van der Waals surface area (Å²) in [6, 6.07) is 4.32. The SMILES string of the molecule is COC(=O)CCNc1cc(OC)cc([N+](=O)[O-])c1. The summed E-state index contributed by atoms with van der Waals surface area (Å²) in [6.45, 7) is 0.330. The monoisotopic (exact) mass is 254 g/mol. The summed E-state index contributed by atoms with van der Waals surface area (Å²) in [5.41, 5.74) is 0.444. The number of esters is 1. The minimum atomic E-state index is -0.506. The van der Waals surface area contributed by atoms with Gasteiger partial charge < -0.3 is 14.8 Å². The number of non-ortho nitro benzene ring substituents is 1. The molecule has 0 atom stereocenters. The van der Waals surface area contributed by atoms with Crippen LogP contribution >= 0.6 is 0 Å². The van der Waals surface area contributed by atoms with Crippen LogP contribution in [0.1, 0.15) is 6.42 Å². The Bertz CT molecular complexity index is 447. The largest absolute Gasteiger partial charge is 0.496 e. The predicted molar refractivity (Wildman–Crippen MR) is 64.8 cm³/mol. The van der Waals surface area contributed by atoms with E-state index in [0.29, 0.717) is 18.0 Å². The van der Waals surface area contributed by atoms with Crippen LogP contribution in [0.4, 0.5) is 11.4 Å². The summed E-state index contributed by atoms with van der Waals surface area (Å²) in [7, 11) is 2.73. The highest BCUT2D eigenvalue weighted by Gasteiger charge is 2.10. The molecule has 18 heavy (non-hydrogen) atoms. The zero-order chi connectivity index (χ0) is 13.5. The summed E-state index contributed by atoms with van der Waals surface area (Å²) in [5, 5.41) is 13.6. The molecule has 7 nitrogen and oxygen atoms in total. The Morgan fingerprint density at radius 3 is 2.67 bits per heavy atom. The Morgan fingerprint density at radius 1 is 1.39 bits per heavy atom. The molecule has 1 aromatic carbocycles. The number of benzene rings is 1. The lowest BCUT2D eigenvalue weighted by atomic mass is 10.2. The number of nitro benzene ring substituents is 1. The lowest BCUT2D eigenvalue weighted by molar-refractivity contribution is -0.384. The maximum Gasteiger partial charge on any atom is 0.307 e. The fourth-order valence-corrected chi connectivity index (χ4v) is 1.32. The van der Waals surface area contributed by atoms with E-state index in [1.807, 2.05) is 0 Å². The summed E-state index contributed by atoms with van der Waals surface area (Å²) in [4.78, 5) is 21.1. The van der Waals surface area contributed by atoms with E-state index in [2.05, 4.69) is 10.1 Å². The molecular weight excluding hydrogens is 240 g/mol. The van der Waals surface area contributed by atoms with Crippen molar-refractivity contribution in [2.45, 2.75) is 6.42 Å². The lowest BCUT2D eigenvalue weighted by Crippen LogP contribution is -2.09. The second-order valence-electron chi connectivity index (χ2n) is 3.43. The molecule has 98 valence electrons. The van der Waals surface area contributed by atoms with E-state index in [9.17, 15) is 14.9 Å². The maximum absolute atomic E-state index is 10.9. The van der Waals surface area contributed by atoms with Crippen molar-refractivity contribution in [3.63, 3.8) is 0 Å². The minimum Gasteiger partial charge on any atom is -0.496 e. The zero-order valence-electron chi connectivity index (χ0n) is 10.1. The Balaban J connectivity index is 2.72. The molecular formula is C11H14N2O5. The van der Waals surface area contributed by atoms with E-state index in [0.717, 1.165) is 0 Å². The quantitative estimate of drug-likeness (QED) is 0.471. The fourth-order valence-electron chi connectivity index (χ4n) is 1.32. The van der Waals surface area contributed by atoms with Gasteiger partial charge in [0.15, 0.2) is 0 Å². The first kappa shape index (κ1) is 13.8. The number of hydrogen-bond acceptors (Lipinski definition) is 6. The molecule has 0 spiro atoms. The number of carbonyl (C=O) groups excluding carboxylic acids is 1. The van der Waals surface area contributed by atoms with Crippen molar-refractivity contribution in [3.8, 4) is 5.75 Å². The molecule has 7 heteroatoms. The van der Waals surface area contributed by atoms with Crippen molar-refractivity contribution < 1.29 is 19.2 Å². The molecule has 0 radical (unpaired) electrons. The fraction of sp³-hybridized carbons (Fsp3) is 0.364. The summed E-state index contributed by atoms with van der Waals surface area (Å²) < 4.78 is 9.44. The smallest absolute Gasteiger partial charge is 0.307 e. The molecule has 0 heterocycles. The van der Waals surface area contributed by atoms with Crippen molar-refractivity contribution >= 4 is 17.3 Å². The molecule has 0 aliphatic heterocycles. The van der Waals surface area contributed by atoms with Gasteiger partial charge in [-0.05, 0) is 0 Å². The van der Waals surface area contributed by atoms with Crippen LogP contribution in [0.5, 0.6) is 5.75 Å². The van der Waals surface area contributed by atoms with Gasteiger partial charge in [-0.25, -0.2) is 0 Å². The standard InChI is InChI=1S/C11H14N2O5/c1-17-10-6-8(5-9(7-10)13(15)16)12-4-3-11(14)18-2/h5-7,12H,3-4H2,1-2H3. The molecule has 1 rings (SSSR count). The molecule has 0 bridgehead atoms. The average Bonchev–Trinajstić information content (AvgIpc) is 2.37. The van der Waals surface area contributed by atoms with Crippen LogP contribution in [0.25, 0.3) is 0 Å². The molecule has 0 saturated heterocycles. The van der Waals surface area contributed by atoms with Gasteiger partial charge in [0.25, 0.3) is 5.69 Å². The van der Waals surface area contributed by atoms with Gasteiger partial charge in [-0.2, -0.15) is 0 Å². The van der Waals surface area contributed by atoms with Crippen molar-refractivity contribution in [2.24, 2.45) is 0 Å². The molecule has 1 aromatic rings. The van der Waals surface area contributed by atoms with Gasteiger partial charge in [0.1, 0.15) is 5.75 Å². The van der Waals surface area contributed by atoms with Crippen LogP contribution in [0.2, 0.25) is 0 Å². The third-order valence-corrected chi connectivity index (χ3v) is 2.22. The third kappa shape index (κ3) is 3.93. The summed E-state index contributed by atoms with van der Waals surface area (Å²) >= 11 is 0. The highest BCUT2D eigenvalue weighted by molar-refractivity contribution is 5.70. The number of ether oxygens (including phenoxy) is 2. The van der Waals surface area contributed by atoms with Gasteiger partial charge in [-0.3, -0.25) is 14.9 Å². The number of nitrogens with one attached hydrogen (secondary N) is 1. The van der Waals surface area contributed by atoms with E-state index in [4.69, 9.17) is 4.74 Å². The Hall–Kier alpha value is -2.31. The molecule has 1 N–H and O–H groups in total. The normalized spacial score (nSPS) is 9.67. The van der Waals surface area contributed by atoms with Crippen molar-refractivity contribution in [1.82, 2.24) is 0 Å². The number of nitrogens with zero attached hydrogens (tertiary/aromatic N) is 1. The van der Waals surface area contributed by atoms with E-state index < -0.39 is 4.92 Å². The van der Waals surface area contributed by atoms with Gasteiger partial charge in [-0.15, -0.1) is 0 Å². The van der Waals surface area contributed by atoms with Crippen LogP contribution in [-0.4, -0.2) is 31.7 Å². The van der Waals surface area contributed by atoms with Gasteiger partial charge in [-0.1, -0.05) is 0 Å². The van der Waals surface area contributed by atoms with Crippen molar-refractivity contribution in [1.29, 1.82) is 0 Å². The van der Waals surface area contributed by atoms with E-state index in [1.54, 1.807) is 6.07 Å². The van der Waals surface area contributed by atoms with Gasteiger partial charge in [0, 0.05) is 24.4 Å². The average molecular weight is 254 g/mol. The lowest BCUT2D eigenvalue weighted by Gasteiger charge is -2.07. The maximum atomic E-state index is 10.9. The molecule has 0 aromatic heterocycles. The molecule has 0 aliphatic rings. The summed E-state index contributed by atoms with van der Waals surface area (Å²) in [6.07, 6.45) is 0.182. The van der Waals surface area contributed by atoms with Crippen molar-refractivity contribution in [3.05, 3.63) is 28.3 Å². The highest BCUT2D eigenvalue weighted by Crippen LogP contribution is 2.25. The first-order chi connectivity index (χ1) is 8.56. The molecule has 0 amide bonds. The molecule has 0 unspecified atom stereocenters. The van der Waals surface area contributed by atoms with Crippen LogP contribution < -0.4 is 10.1 Å². The second-order valence-corrected chi connectivity index (χ2v) is 3.43. The first-order valence-electron chi connectivity index (χ1n) is 5.21. The number of hydrogen-bond donors (Lipinski definition) is 1. The Morgan fingerprint density at radius 2 is 2.11 bits per heavy atom. The Kier molecular flexibility index (Phi) is 4.91. The van der Waals surface area contributed by atoms with Crippen molar-refractivity contribution in [2.75, 3.05) is 26.1 Å². The van der Waals surface area contributed by atoms with E-state index in [-0.39, 0.29) is 18.1 Å². The van der Waals surface area contributed by atoms with Crippen LogP contribution in [0.3, 0.4) is 0 Å². The first-order valence-corrected chi connectivity index (χ1v) is 5.21.